The van der Waals surface area contributed by atoms with E-state index in [4.69, 9.17) is 4.74 Å². The van der Waals surface area contributed by atoms with Crippen LogP contribution in [-0.2, 0) is 11.3 Å². The van der Waals surface area contributed by atoms with E-state index in [9.17, 15) is 14.7 Å². The van der Waals surface area contributed by atoms with E-state index in [1.54, 1.807) is 44.0 Å². The van der Waals surface area contributed by atoms with E-state index in [0.717, 1.165) is 5.56 Å². The third-order valence-electron chi connectivity index (χ3n) is 3.65. The Morgan fingerprint density at radius 3 is 2.43 bits per heavy atom. The molecule has 0 atom stereocenters. The number of benzene rings is 1. The SMILES string of the molecule is CCOc1ccc(C(C)=O)cc1CN(C)C(C)(C)C(=O)O. The molecular formula is C16H23NO4. The molecule has 0 aliphatic rings. The molecule has 0 aromatic heterocycles. The first-order chi connectivity index (χ1) is 9.70. The number of ketones is 1. The Labute approximate surface area is 125 Å². The topological polar surface area (TPSA) is 66.8 Å². The molecule has 1 N–H and O–H groups in total. The minimum absolute atomic E-state index is 0.0283. The van der Waals surface area contributed by atoms with Crippen LogP contribution >= 0.6 is 0 Å². The lowest BCUT2D eigenvalue weighted by Crippen LogP contribution is -2.47. The zero-order valence-corrected chi connectivity index (χ0v) is 13.3. The first kappa shape index (κ1) is 17.2. The first-order valence-corrected chi connectivity index (χ1v) is 6.91. The Morgan fingerprint density at radius 1 is 1.33 bits per heavy atom. The van der Waals surface area contributed by atoms with Gasteiger partial charge in [0.1, 0.15) is 11.3 Å². The van der Waals surface area contributed by atoms with E-state index >= 15 is 0 Å². The molecule has 0 fully saturated rings. The molecule has 0 aliphatic heterocycles. The molecule has 5 heteroatoms. The van der Waals surface area contributed by atoms with Crippen LogP contribution in [0, 0.1) is 0 Å². The van der Waals surface area contributed by atoms with Gasteiger partial charge in [0.25, 0.3) is 0 Å². The van der Waals surface area contributed by atoms with Gasteiger partial charge in [0.05, 0.1) is 6.61 Å². The van der Waals surface area contributed by atoms with Crippen LogP contribution in [0.4, 0.5) is 0 Å². The lowest BCUT2D eigenvalue weighted by molar-refractivity contribution is -0.148. The number of carbonyl (C=O) groups is 2. The quantitative estimate of drug-likeness (QED) is 0.783. The highest BCUT2D eigenvalue weighted by atomic mass is 16.5. The van der Waals surface area contributed by atoms with Gasteiger partial charge in [-0.25, -0.2) is 0 Å². The van der Waals surface area contributed by atoms with Crippen molar-refractivity contribution in [1.29, 1.82) is 0 Å². The summed E-state index contributed by atoms with van der Waals surface area (Å²) in [7, 11) is 1.74. The number of carboxylic acids is 1. The van der Waals surface area contributed by atoms with E-state index in [2.05, 4.69) is 0 Å². The first-order valence-electron chi connectivity index (χ1n) is 6.91. The largest absolute Gasteiger partial charge is 0.494 e. The fourth-order valence-corrected chi connectivity index (χ4v) is 1.83. The van der Waals surface area contributed by atoms with E-state index < -0.39 is 11.5 Å². The van der Waals surface area contributed by atoms with Gasteiger partial charge in [-0.2, -0.15) is 0 Å². The summed E-state index contributed by atoms with van der Waals surface area (Å²) in [4.78, 5) is 24.5. The summed E-state index contributed by atoms with van der Waals surface area (Å²) in [6.45, 7) is 7.57. The number of carboxylic acid groups (broad SMARTS) is 1. The minimum atomic E-state index is -1.00. The van der Waals surface area contributed by atoms with Gasteiger partial charge in [0.15, 0.2) is 5.78 Å². The minimum Gasteiger partial charge on any atom is -0.494 e. The van der Waals surface area contributed by atoms with Gasteiger partial charge < -0.3 is 9.84 Å². The van der Waals surface area contributed by atoms with Crippen molar-refractivity contribution in [3.05, 3.63) is 29.3 Å². The van der Waals surface area contributed by atoms with Crippen molar-refractivity contribution in [3.8, 4) is 5.75 Å². The number of hydrogen-bond donors (Lipinski definition) is 1. The molecule has 21 heavy (non-hydrogen) atoms. The number of rotatable bonds is 7. The van der Waals surface area contributed by atoms with Crippen LogP contribution < -0.4 is 4.74 Å². The van der Waals surface area contributed by atoms with Crippen LogP contribution in [0.1, 0.15) is 43.6 Å². The predicted octanol–water partition coefficient (Wildman–Crippen LogP) is 2.58. The Morgan fingerprint density at radius 2 is 1.95 bits per heavy atom. The third kappa shape index (κ3) is 4.04. The Balaban J connectivity index is 3.12. The lowest BCUT2D eigenvalue weighted by atomic mass is 10.0. The van der Waals surface area contributed by atoms with Crippen molar-refractivity contribution in [2.45, 2.75) is 39.8 Å². The molecule has 0 saturated carbocycles. The molecule has 0 heterocycles. The average molecular weight is 293 g/mol. The van der Waals surface area contributed by atoms with Gasteiger partial charge in [-0.3, -0.25) is 14.5 Å². The van der Waals surface area contributed by atoms with Gasteiger partial charge in [-0.05, 0) is 52.9 Å². The molecule has 0 bridgehead atoms. The van der Waals surface area contributed by atoms with Gasteiger partial charge in [0.2, 0.25) is 0 Å². The Kier molecular flexibility index (Phi) is 5.49. The summed E-state index contributed by atoms with van der Waals surface area (Å²) in [5.41, 5.74) is 0.395. The highest BCUT2D eigenvalue weighted by Gasteiger charge is 2.32. The summed E-state index contributed by atoms with van der Waals surface area (Å²) in [6, 6.07) is 5.25. The number of hydrogen-bond acceptors (Lipinski definition) is 4. The summed E-state index contributed by atoms with van der Waals surface area (Å²) in [6.07, 6.45) is 0. The van der Waals surface area contributed by atoms with Crippen molar-refractivity contribution >= 4 is 11.8 Å². The molecule has 0 radical (unpaired) electrons. The van der Waals surface area contributed by atoms with Crippen LogP contribution in [0.5, 0.6) is 5.75 Å². The summed E-state index contributed by atoms with van der Waals surface area (Å²) < 4.78 is 5.56. The highest BCUT2D eigenvalue weighted by Crippen LogP contribution is 2.25. The van der Waals surface area contributed by atoms with Crippen LogP contribution in [0.3, 0.4) is 0 Å². The van der Waals surface area contributed by atoms with Crippen molar-refractivity contribution in [2.75, 3.05) is 13.7 Å². The molecule has 0 unspecified atom stereocenters. The zero-order chi connectivity index (χ0) is 16.2. The molecule has 1 rings (SSSR count). The number of Topliss-reactive ketones (excluding diaryl/α,β-unsaturated/α-hetero) is 1. The van der Waals surface area contributed by atoms with Crippen LogP contribution in [0.2, 0.25) is 0 Å². The lowest BCUT2D eigenvalue weighted by Gasteiger charge is -2.32. The predicted molar refractivity (Wildman–Crippen MR) is 80.8 cm³/mol. The Hall–Kier alpha value is -1.88. The molecule has 5 nitrogen and oxygen atoms in total. The van der Waals surface area contributed by atoms with Gasteiger partial charge in [0, 0.05) is 17.7 Å². The maximum absolute atomic E-state index is 11.5. The number of carbonyl (C=O) groups excluding carboxylic acids is 1. The van der Waals surface area contributed by atoms with Crippen molar-refractivity contribution in [3.63, 3.8) is 0 Å². The zero-order valence-electron chi connectivity index (χ0n) is 13.3. The number of ether oxygens (including phenoxy) is 1. The summed E-state index contributed by atoms with van der Waals surface area (Å²) >= 11 is 0. The molecule has 116 valence electrons. The molecule has 0 spiro atoms. The number of nitrogens with zero attached hydrogens (tertiary/aromatic N) is 1. The smallest absolute Gasteiger partial charge is 0.323 e. The second-order valence-corrected chi connectivity index (χ2v) is 5.53. The highest BCUT2D eigenvalue weighted by molar-refractivity contribution is 5.94. The molecule has 1 aromatic rings. The average Bonchev–Trinajstić information content (AvgIpc) is 2.40. The molecular weight excluding hydrogens is 270 g/mol. The van der Waals surface area contributed by atoms with Crippen molar-refractivity contribution < 1.29 is 19.4 Å². The normalized spacial score (nSPS) is 11.5. The standard InChI is InChI=1S/C16H23NO4/c1-6-21-14-8-7-12(11(2)18)9-13(14)10-17(5)16(3,4)15(19)20/h7-9H,6,10H2,1-5H3,(H,19,20). The summed E-state index contributed by atoms with van der Waals surface area (Å²) in [5.74, 6) is -0.249. The van der Waals surface area contributed by atoms with E-state index in [1.807, 2.05) is 6.92 Å². The molecule has 0 amide bonds. The van der Waals surface area contributed by atoms with Gasteiger partial charge in [-0.1, -0.05) is 0 Å². The maximum Gasteiger partial charge on any atom is 0.323 e. The third-order valence-corrected chi connectivity index (χ3v) is 3.65. The van der Waals surface area contributed by atoms with Crippen molar-refractivity contribution in [2.24, 2.45) is 0 Å². The van der Waals surface area contributed by atoms with Crippen LogP contribution in [-0.4, -0.2) is 41.0 Å². The van der Waals surface area contributed by atoms with Crippen molar-refractivity contribution in [1.82, 2.24) is 4.90 Å². The summed E-state index contributed by atoms with van der Waals surface area (Å²) in [5, 5.41) is 9.28. The molecule has 1 aromatic carbocycles. The maximum atomic E-state index is 11.5. The van der Waals surface area contributed by atoms with E-state index in [1.165, 1.54) is 6.92 Å². The fourth-order valence-electron chi connectivity index (χ4n) is 1.83. The fraction of sp³-hybridized carbons (Fsp3) is 0.500. The monoisotopic (exact) mass is 293 g/mol. The van der Waals surface area contributed by atoms with Gasteiger partial charge in [-0.15, -0.1) is 0 Å². The molecule has 0 saturated heterocycles. The number of aliphatic carboxylic acids is 1. The Bertz CT molecular complexity index is 537. The van der Waals surface area contributed by atoms with Gasteiger partial charge >= 0.3 is 5.97 Å². The molecule has 0 aliphatic carbocycles. The van der Waals surface area contributed by atoms with Crippen LogP contribution in [0.15, 0.2) is 18.2 Å². The van der Waals surface area contributed by atoms with E-state index in [0.29, 0.717) is 24.5 Å². The van der Waals surface area contributed by atoms with E-state index in [-0.39, 0.29) is 5.78 Å². The number of likely N-dealkylation sites (N-methyl/N-ethyl adjacent to an activating group) is 1. The second-order valence-electron chi connectivity index (χ2n) is 5.53. The second kappa shape index (κ2) is 6.72. The van der Waals surface area contributed by atoms with Crippen LogP contribution in [0.25, 0.3) is 0 Å².